The smallest absolute Gasteiger partial charge is 0.422 e. The van der Waals surface area contributed by atoms with Gasteiger partial charge in [0.05, 0.1) is 17.9 Å². The minimum absolute atomic E-state index is 0.0162. The molecule has 0 aliphatic carbocycles. The van der Waals surface area contributed by atoms with Crippen LogP contribution in [0.4, 0.5) is 13.2 Å². The largest absolute Gasteiger partial charge is 0.483 e. The number of amides is 1. The van der Waals surface area contributed by atoms with Gasteiger partial charge < -0.3 is 15.2 Å². The summed E-state index contributed by atoms with van der Waals surface area (Å²) >= 11 is 0. The highest BCUT2D eigenvalue weighted by molar-refractivity contribution is 5.80. The van der Waals surface area contributed by atoms with Crippen LogP contribution in [0.25, 0.3) is 0 Å². The van der Waals surface area contributed by atoms with Gasteiger partial charge in [0.25, 0.3) is 0 Å². The van der Waals surface area contributed by atoms with E-state index in [1.807, 2.05) is 30.3 Å². The molecule has 0 saturated carbocycles. The molecule has 1 aromatic carbocycles. The van der Waals surface area contributed by atoms with E-state index >= 15 is 0 Å². The molecular weight excluding hydrogens is 361 g/mol. The van der Waals surface area contributed by atoms with Crippen molar-refractivity contribution in [2.75, 3.05) is 6.61 Å². The first kappa shape index (κ1) is 20.7. The molecule has 1 heterocycles. The lowest BCUT2D eigenvalue weighted by molar-refractivity contribution is -0.153. The summed E-state index contributed by atoms with van der Waals surface area (Å²) in [7, 11) is 0. The van der Waals surface area contributed by atoms with E-state index < -0.39 is 30.8 Å². The van der Waals surface area contributed by atoms with E-state index in [1.54, 1.807) is 6.92 Å². The molecule has 0 spiro atoms. The topological polar surface area (TPSA) is 71.5 Å². The number of aromatic nitrogens is 1. The minimum Gasteiger partial charge on any atom is -0.483 e. The molecule has 27 heavy (non-hydrogen) atoms. The number of pyridine rings is 1. The van der Waals surface area contributed by atoms with Crippen molar-refractivity contribution in [2.45, 2.75) is 38.1 Å². The first-order valence-electron chi connectivity index (χ1n) is 8.42. The molecule has 2 aromatic rings. The second-order valence-electron chi connectivity index (χ2n) is 6.09. The van der Waals surface area contributed by atoms with E-state index in [2.05, 4.69) is 15.0 Å². The van der Waals surface area contributed by atoms with E-state index in [1.165, 1.54) is 12.1 Å². The van der Waals surface area contributed by atoms with Crippen molar-refractivity contribution in [2.24, 2.45) is 0 Å². The van der Waals surface area contributed by atoms with Crippen LogP contribution in [0.5, 0.6) is 5.75 Å². The lowest BCUT2D eigenvalue weighted by atomic mass is 10.1. The number of nitrogens with one attached hydrogen (secondary N) is 1. The third-order valence-electron chi connectivity index (χ3n) is 3.82. The molecule has 0 aliphatic heterocycles. The molecular formula is C19H21F3N2O3. The highest BCUT2D eigenvalue weighted by atomic mass is 19.4. The van der Waals surface area contributed by atoms with Gasteiger partial charge in [-0.05, 0) is 37.5 Å². The normalized spacial score (nSPS) is 13.7. The molecule has 0 aliphatic rings. The second-order valence-corrected chi connectivity index (χ2v) is 6.09. The summed E-state index contributed by atoms with van der Waals surface area (Å²) in [5.74, 6) is -0.546. The van der Waals surface area contributed by atoms with Gasteiger partial charge in [0.15, 0.2) is 6.61 Å². The summed E-state index contributed by atoms with van der Waals surface area (Å²) in [5.41, 5.74) is 1.46. The highest BCUT2D eigenvalue weighted by Crippen LogP contribution is 2.19. The molecule has 2 unspecified atom stereocenters. The molecule has 1 aromatic heterocycles. The van der Waals surface area contributed by atoms with Gasteiger partial charge in [-0.2, -0.15) is 13.2 Å². The maximum Gasteiger partial charge on any atom is 0.422 e. The Morgan fingerprint density at radius 1 is 1.22 bits per heavy atom. The zero-order chi connectivity index (χ0) is 19.9. The predicted octanol–water partition coefficient (Wildman–Crippen LogP) is 3.19. The van der Waals surface area contributed by atoms with Crippen LogP contribution < -0.4 is 10.1 Å². The number of rotatable bonds is 8. The van der Waals surface area contributed by atoms with Crippen molar-refractivity contribution < 1.29 is 27.8 Å². The van der Waals surface area contributed by atoms with E-state index in [4.69, 9.17) is 0 Å². The van der Waals surface area contributed by atoms with Crippen LogP contribution in [-0.4, -0.2) is 34.9 Å². The Bertz CT molecular complexity index is 721. The van der Waals surface area contributed by atoms with Crippen LogP contribution in [0.1, 0.15) is 30.6 Å². The summed E-state index contributed by atoms with van der Waals surface area (Å²) < 4.78 is 41.0. The average molecular weight is 382 g/mol. The number of hydrogen-bond acceptors (Lipinski definition) is 4. The number of aliphatic hydroxyl groups is 1. The second kappa shape index (κ2) is 9.36. The summed E-state index contributed by atoms with van der Waals surface area (Å²) in [6.07, 6.45) is -3.58. The molecule has 5 nitrogen and oxygen atoms in total. The minimum atomic E-state index is -4.42. The third kappa shape index (κ3) is 7.26. The Morgan fingerprint density at radius 2 is 1.93 bits per heavy atom. The molecule has 2 atom stereocenters. The van der Waals surface area contributed by atoms with Gasteiger partial charge in [0, 0.05) is 0 Å². The zero-order valence-corrected chi connectivity index (χ0v) is 14.7. The van der Waals surface area contributed by atoms with Crippen LogP contribution in [0, 0.1) is 0 Å². The van der Waals surface area contributed by atoms with Crippen molar-refractivity contribution >= 4 is 5.91 Å². The van der Waals surface area contributed by atoms with Crippen LogP contribution in [0.3, 0.4) is 0 Å². The van der Waals surface area contributed by atoms with E-state index in [0.717, 1.165) is 11.8 Å². The number of aryl methyl sites for hydroxylation is 1. The molecule has 0 bridgehead atoms. The van der Waals surface area contributed by atoms with Crippen LogP contribution in [0.15, 0.2) is 48.7 Å². The fourth-order valence-corrected chi connectivity index (χ4v) is 2.36. The highest BCUT2D eigenvalue weighted by Gasteiger charge is 2.28. The van der Waals surface area contributed by atoms with Gasteiger partial charge in [-0.1, -0.05) is 30.3 Å². The number of halogens is 3. The first-order valence-corrected chi connectivity index (χ1v) is 8.42. The molecule has 1 amide bonds. The van der Waals surface area contributed by atoms with Crippen molar-refractivity contribution in [3.63, 3.8) is 0 Å². The van der Waals surface area contributed by atoms with Crippen molar-refractivity contribution in [3.8, 4) is 5.75 Å². The number of carbonyl (C=O) groups excluding carboxylic acids is 1. The SMILES string of the molecule is CC(NC(=O)C(O)CCc1ccccc1)c1ccc(OCC(F)(F)F)cn1. The van der Waals surface area contributed by atoms with Gasteiger partial charge in [-0.25, -0.2) is 0 Å². The Kier molecular flexibility index (Phi) is 7.18. The standard InChI is InChI=1S/C19H21F3N2O3/c1-13(16-9-8-15(11-23-16)27-12-19(20,21)22)24-18(26)17(25)10-7-14-5-3-2-4-6-14/h2-6,8-9,11,13,17,25H,7,10,12H2,1H3,(H,24,26). The number of benzene rings is 1. The number of aliphatic hydroxyl groups excluding tert-OH is 1. The van der Waals surface area contributed by atoms with E-state index in [0.29, 0.717) is 12.1 Å². The number of alkyl halides is 3. The Morgan fingerprint density at radius 3 is 2.52 bits per heavy atom. The summed E-state index contributed by atoms with van der Waals surface area (Å²) in [4.78, 5) is 16.1. The van der Waals surface area contributed by atoms with Crippen LogP contribution >= 0.6 is 0 Å². The fourth-order valence-electron chi connectivity index (χ4n) is 2.36. The average Bonchev–Trinajstić information content (AvgIpc) is 2.65. The van der Waals surface area contributed by atoms with Gasteiger partial charge in [-0.3, -0.25) is 9.78 Å². The van der Waals surface area contributed by atoms with E-state index in [9.17, 15) is 23.1 Å². The lowest BCUT2D eigenvalue weighted by Crippen LogP contribution is -2.36. The van der Waals surface area contributed by atoms with Crippen LogP contribution in [-0.2, 0) is 11.2 Å². The number of nitrogens with zero attached hydrogens (tertiary/aromatic N) is 1. The predicted molar refractivity (Wildman–Crippen MR) is 93.1 cm³/mol. The van der Waals surface area contributed by atoms with Crippen molar-refractivity contribution in [1.29, 1.82) is 0 Å². The molecule has 0 radical (unpaired) electrons. The Labute approximate surface area is 155 Å². The van der Waals surface area contributed by atoms with Gasteiger partial charge in [0.2, 0.25) is 5.91 Å². The molecule has 8 heteroatoms. The quantitative estimate of drug-likeness (QED) is 0.736. The molecule has 2 N–H and O–H groups in total. The van der Waals surface area contributed by atoms with Crippen molar-refractivity contribution in [3.05, 3.63) is 59.9 Å². The first-order chi connectivity index (χ1) is 12.7. The van der Waals surface area contributed by atoms with Crippen LogP contribution in [0.2, 0.25) is 0 Å². The number of hydrogen-bond donors (Lipinski definition) is 2. The number of ether oxygens (including phenoxy) is 1. The zero-order valence-electron chi connectivity index (χ0n) is 14.7. The summed E-state index contributed by atoms with van der Waals surface area (Å²) in [6, 6.07) is 11.8. The monoisotopic (exact) mass is 382 g/mol. The lowest BCUT2D eigenvalue weighted by Gasteiger charge is -2.17. The van der Waals surface area contributed by atoms with Crippen molar-refractivity contribution in [1.82, 2.24) is 10.3 Å². The third-order valence-corrected chi connectivity index (χ3v) is 3.82. The maximum absolute atomic E-state index is 12.1. The molecule has 0 saturated heterocycles. The summed E-state index contributed by atoms with van der Waals surface area (Å²) in [5, 5.41) is 12.6. The molecule has 2 rings (SSSR count). The number of carbonyl (C=O) groups is 1. The Balaban J connectivity index is 1.82. The maximum atomic E-state index is 12.1. The Hall–Kier alpha value is -2.61. The van der Waals surface area contributed by atoms with Gasteiger partial charge >= 0.3 is 6.18 Å². The molecule has 0 fully saturated rings. The molecule has 146 valence electrons. The summed E-state index contributed by atoms with van der Waals surface area (Å²) in [6.45, 7) is 0.272. The van der Waals surface area contributed by atoms with E-state index in [-0.39, 0.29) is 12.2 Å². The van der Waals surface area contributed by atoms with Gasteiger partial charge in [0.1, 0.15) is 11.9 Å². The van der Waals surface area contributed by atoms with Gasteiger partial charge in [-0.15, -0.1) is 0 Å². The fraction of sp³-hybridized carbons (Fsp3) is 0.368.